The minimum Gasteiger partial charge on any atom is -0.434 e. The van der Waals surface area contributed by atoms with Gasteiger partial charge in [-0.05, 0) is 43.3 Å². The molecule has 4 aromatic rings. The molecule has 8 heteroatoms. The van der Waals surface area contributed by atoms with Crippen molar-refractivity contribution in [3.8, 4) is 23.3 Å². The van der Waals surface area contributed by atoms with E-state index in [0.717, 1.165) is 5.56 Å². The van der Waals surface area contributed by atoms with Crippen LogP contribution in [-0.2, 0) is 10.1 Å². The standard InChI is InChI=1S/C20H13N3O4S/c1-13-8-9-16(27-28(24,25)18-7-3-2-5-14(18)12-21)15(11-13)20-23-19-17(26-20)6-4-10-22-19/h2-11H,1H3. The maximum atomic E-state index is 12.8. The van der Waals surface area contributed by atoms with Crippen molar-refractivity contribution in [1.29, 1.82) is 5.26 Å². The topological polar surface area (TPSA) is 106 Å². The van der Waals surface area contributed by atoms with Crippen LogP contribution in [0, 0.1) is 18.3 Å². The molecule has 0 spiro atoms. The molecule has 0 saturated carbocycles. The lowest BCUT2D eigenvalue weighted by atomic mass is 10.1. The summed E-state index contributed by atoms with van der Waals surface area (Å²) >= 11 is 0. The lowest BCUT2D eigenvalue weighted by molar-refractivity contribution is 0.485. The van der Waals surface area contributed by atoms with Crippen LogP contribution in [0.1, 0.15) is 11.1 Å². The van der Waals surface area contributed by atoms with Gasteiger partial charge in [0, 0.05) is 6.20 Å². The number of hydrogen-bond acceptors (Lipinski definition) is 7. The molecule has 7 nitrogen and oxygen atoms in total. The smallest absolute Gasteiger partial charge is 0.340 e. The van der Waals surface area contributed by atoms with Gasteiger partial charge in [-0.25, -0.2) is 4.98 Å². The molecule has 2 heterocycles. The summed E-state index contributed by atoms with van der Waals surface area (Å²) in [5.41, 5.74) is 2.12. The van der Waals surface area contributed by atoms with Crippen LogP contribution in [0.25, 0.3) is 22.7 Å². The zero-order valence-electron chi connectivity index (χ0n) is 14.7. The van der Waals surface area contributed by atoms with E-state index in [4.69, 9.17) is 8.60 Å². The van der Waals surface area contributed by atoms with Crippen LogP contribution in [0.15, 0.2) is 70.1 Å². The normalized spacial score (nSPS) is 11.3. The molecule has 0 aliphatic carbocycles. The fraction of sp³-hybridized carbons (Fsp3) is 0.0500. The highest BCUT2D eigenvalue weighted by atomic mass is 32.2. The summed E-state index contributed by atoms with van der Waals surface area (Å²) < 4.78 is 36.7. The van der Waals surface area contributed by atoms with Crippen LogP contribution in [-0.4, -0.2) is 18.4 Å². The molecular weight excluding hydrogens is 378 g/mol. The van der Waals surface area contributed by atoms with E-state index in [1.54, 1.807) is 36.5 Å². The minimum absolute atomic E-state index is 0.00206. The second kappa shape index (κ2) is 6.79. The molecule has 0 fully saturated rings. The highest BCUT2D eigenvalue weighted by molar-refractivity contribution is 7.87. The fourth-order valence-electron chi connectivity index (χ4n) is 2.71. The van der Waals surface area contributed by atoms with Crippen molar-refractivity contribution in [2.75, 3.05) is 0 Å². The molecule has 2 aromatic carbocycles. The number of benzene rings is 2. The van der Waals surface area contributed by atoms with Crippen molar-refractivity contribution in [1.82, 2.24) is 9.97 Å². The summed E-state index contributed by atoms with van der Waals surface area (Å²) in [6.07, 6.45) is 1.59. The van der Waals surface area contributed by atoms with E-state index in [1.165, 1.54) is 24.3 Å². The first kappa shape index (κ1) is 17.7. The average Bonchev–Trinajstić information content (AvgIpc) is 3.13. The minimum atomic E-state index is -4.24. The molecule has 0 bridgehead atoms. The largest absolute Gasteiger partial charge is 0.434 e. The van der Waals surface area contributed by atoms with Crippen LogP contribution >= 0.6 is 0 Å². The van der Waals surface area contributed by atoms with Crippen LogP contribution in [0.4, 0.5) is 0 Å². The van der Waals surface area contributed by atoms with E-state index in [0.29, 0.717) is 16.8 Å². The summed E-state index contributed by atoms with van der Waals surface area (Å²) in [6, 6.07) is 16.1. The van der Waals surface area contributed by atoms with Crippen molar-refractivity contribution < 1.29 is 17.0 Å². The van der Waals surface area contributed by atoms with E-state index in [9.17, 15) is 13.7 Å². The van der Waals surface area contributed by atoms with E-state index in [-0.39, 0.29) is 22.1 Å². The second-order valence-electron chi connectivity index (χ2n) is 5.99. The number of nitrogens with zero attached hydrogens (tertiary/aromatic N) is 3. The zero-order chi connectivity index (χ0) is 19.7. The van der Waals surface area contributed by atoms with Crippen LogP contribution in [0.2, 0.25) is 0 Å². The van der Waals surface area contributed by atoms with Gasteiger partial charge in [0.2, 0.25) is 5.89 Å². The van der Waals surface area contributed by atoms with Gasteiger partial charge in [0.1, 0.15) is 11.0 Å². The third-order valence-corrected chi connectivity index (χ3v) is 5.30. The van der Waals surface area contributed by atoms with Gasteiger partial charge in [0.15, 0.2) is 17.0 Å². The maximum Gasteiger partial charge on any atom is 0.340 e. The molecular formula is C20H13N3O4S. The number of oxazole rings is 1. The lowest BCUT2D eigenvalue weighted by Crippen LogP contribution is -2.12. The van der Waals surface area contributed by atoms with E-state index >= 15 is 0 Å². The first-order valence-electron chi connectivity index (χ1n) is 8.24. The van der Waals surface area contributed by atoms with Gasteiger partial charge in [-0.2, -0.15) is 18.7 Å². The molecule has 0 saturated heterocycles. The Bertz CT molecular complexity index is 1300. The zero-order valence-corrected chi connectivity index (χ0v) is 15.5. The number of nitriles is 1. The molecule has 138 valence electrons. The van der Waals surface area contributed by atoms with Crippen LogP contribution < -0.4 is 4.18 Å². The summed E-state index contributed by atoms with van der Waals surface area (Å²) in [5, 5.41) is 9.20. The van der Waals surface area contributed by atoms with Crippen molar-refractivity contribution >= 4 is 21.3 Å². The summed E-state index contributed by atoms with van der Waals surface area (Å²) in [5.74, 6) is 0.237. The number of aryl methyl sites for hydroxylation is 1. The first-order valence-corrected chi connectivity index (χ1v) is 9.65. The number of aromatic nitrogens is 2. The van der Waals surface area contributed by atoms with Gasteiger partial charge in [-0.1, -0.05) is 23.8 Å². The Balaban J connectivity index is 1.82. The maximum absolute atomic E-state index is 12.8. The van der Waals surface area contributed by atoms with Crippen molar-refractivity contribution in [3.05, 3.63) is 71.9 Å². The Morgan fingerprint density at radius 2 is 1.93 bits per heavy atom. The number of pyridine rings is 1. The SMILES string of the molecule is Cc1ccc(OS(=O)(=O)c2ccccc2C#N)c(-c2nc3ncccc3o2)c1. The lowest BCUT2D eigenvalue weighted by Gasteiger charge is -2.11. The molecule has 0 aliphatic rings. The Morgan fingerprint density at radius 3 is 2.71 bits per heavy atom. The highest BCUT2D eigenvalue weighted by Gasteiger charge is 2.24. The van der Waals surface area contributed by atoms with E-state index in [1.807, 2.05) is 13.0 Å². The molecule has 4 rings (SSSR count). The first-order chi connectivity index (χ1) is 13.5. The van der Waals surface area contributed by atoms with Crippen LogP contribution in [0.3, 0.4) is 0 Å². The third kappa shape index (κ3) is 3.19. The number of hydrogen-bond donors (Lipinski definition) is 0. The average molecular weight is 391 g/mol. The molecule has 28 heavy (non-hydrogen) atoms. The van der Waals surface area contributed by atoms with Gasteiger partial charge < -0.3 is 8.60 Å². The van der Waals surface area contributed by atoms with Gasteiger partial charge >= 0.3 is 10.1 Å². The van der Waals surface area contributed by atoms with Gasteiger partial charge in [-0.3, -0.25) is 0 Å². The van der Waals surface area contributed by atoms with E-state index in [2.05, 4.69) is 9.97 Å². The predicted molar refractivity (Wildman–Crippen MR) is 101 cm³/mol. The Hall–Kier alpha value is -3.70. The van der Waals surface area contributed by atoms with Crippen LogP contribution in [0.5, 0.6) is 5.75 Å². The number of fused-ring (bicyclic) bond motifs is 1. The molecule has 0 amide bonds. The quantitative estimate of drug-likeness (QED) is 0.487. The molecule has 0 N–H and O–H groups in total. The summed E-state index contributed by atoms with van der Waals surface area (Å²) in [6.45, 7) is 1.85. The van der Waals surface area contributed by atoms with E-state index < -0.39 is 10.1 Å². The summed E-state index contributed by atoms with van der Waals surface area (Å²) in [7, 11) is -4.24. The van der Waals surface area contributed by atoms with Crippen molar-refractivity contribution in [3.63, 3.8) is 0 Å². The Morgan fingerprint density at radius 1 is 1.11 bits per heavy atom. The monoisotopic (exact) mass is 391 g/mol. The molecule has 0 atom stereocenters. The molecule has 2 aromatic heterocycles. The summed E-state index contributed by atoms with van der Waals surface area (Å²) in [4.78, 5) is 8.24. The number of rotatable bonds is 4. The molecule has 0 radical (unpaired) electrons. The predicted octanol–water partition coefficient (Wildman–Crippen LogP) is 3.84. The van der Waals surface area contributed by atoms with Gasteiger partial charge in [0.05, 0.1) is 11.1 Å². The van der Waals surface area contributed by atoms with Crippen molar-refractivity contribution in [2.45, 2.75) is 11.8 Å². The third-order valence-electron chi connectivity index (χ3n) is 4.01. The van der Waals surface area contributed by atoms with Gasteiger partial charge in [-0.15, -0.1) is 0 Å². The van der Waals surface area contributed by atoms with Crippen molar-refractivity contribution in [2.24, 2.45) is 0 Å². The highest BCUT2D eigenvalue weighted by Crippen LogP contribution is 2.34. The fourth-order valence-corrected chi connectivity index (χ4v) is 3.81. The molecule has 0 unspecified atom stereocenters. The molecule has 0 aliphatic heterocycles. The Labute approximate surface area is 161 Å². The Kier molecular flexibility index (Phi) is 4.29. The second-order valence-corrected chi connectivity index (χ2v) is 7.50. The van der Waals surface area contributed by atoms with Gasteiger partial charge in [0.25, 0.3) is 0 Å².